The van der Waals surface area contributed by atoms with Crippen LogP contribution in [-0.2, 0) is 16.1 Å². The predicted octanol–water partition coefficient (Wildman–Crippen LogP) is 3.92. The zero-order chi connectivity index (χ0) is 22.0. The van der Waals surface area contributed by atoms with E-state index in [1.54, 1.807) is 25.1 Å². The second kappa shape index (κ2) is 8.89. The van der Waals surface area contributed by atoms with Gasteiger partial charge in [-0.1, -0.05) is 18.2 Å². The Labute approximate surface area is 179 Å². The van der Waals surface area contributed by atoms with Crippen molar-refractivity contribution in [2.24, 2.45) is 5.92 Å². The number of hydrogen-bond acceptors (Lipinski definition) is 6. The molecule has 0 saturated carbocycles. The number of hydrogen-bond donors (Lipinski definition) is 1. The number of piperidine rings is 1. The van der Waals surface area contributed by atoms with E-state index >= 15 is 0 Å². The van der Waals surface area contributed by atoms with E-state index in [2.05, 4.69) is 0 Å². The molecule has 2 aliphatic heterocycles. The minimum Gasteiger partial charge on any atom is -0.507 e. The zero-order valence-corrected chi connectivity index (χ0v) is 17.3. The lowest BCUT2D eigenvalue weighted by molar-refractivity contribution is -0.150. The quantitative estimate of drug-likeness (QED) is 0.578. The molecule has 1 unspecified atom stereocenters. The van der Waals surface area contributed by atoms with E-state index in [9.17, 15) is 19.1 Å². The van der Waals surface area contributed by atoms with Gasteiger partial charge < -0.3 is 14.6 Å². The molecule has 2 heterocycles. The van der Waals surface area contributed by atoms with Gasteiger partial charge in [-0.25, -0.2) is 4.39 Å². The lowest BCUT2D eigenvalue weighted by Crippen LogP contribution is -2.39. The highest BCUT2D eigenvalue weighted by atomic mass is 19.1. The number of phenols is 1. The summed E-state index contributed by atoms with van der Waals surface area (Å²) in [6, 6.07) is 9.10. The van der Waals surface area contributed by atoms with E-state index in [0.717, 1.165) is 19.4 Å². The van der Waals surface area contributed by atoms with Crippen LogP contribution in [0.3, 0.4) is 0 Å². The highest BCUT2D eigenvalue weighted by molar-refractivity contribution is 6.15. The molecule has 2 aromatic carbocycles. The van der Waals surface area contributed by atoms with Gasteiger partial charge in [-0.3, -0.25) is 14.5 Å². The fourth-order valence-corrected chi connectivity index (χ4v) is 4.06. The average Bonchev–Trinajstić information content (AvgIpc) is 3.08. The molecule has 6 nitrogen and oxygen atoms in total. The molecule has 0 aromatic heterocycles. The molecule has 31 heavy (non-hydrogen) atoms. The number of benzene rings is 2. The molecule has 0 aliphatic carbocycles. The van der Waals surface area contributed by atoms with Gasteiger partial charge in [0, 0.05) is 18.7 Å². The first kappa shape index (κ1) is 21.1. The number of aromatic hydroxyl groups is 1. The Morgan fingerprint density at radius 1 is 1.32 bits per heavy atom. The van der Waals surface area contributed by atoms with Gasteiger partial charge in [0.1, 0.15) is 17.3 Å². The van der Waals surface area contributed by atoms with Crippen molar-refractivity contribution in [2.75, 3.05) is 19.7 Å². The first-order valence-corrected chi connectivity index (χ1v) is 10.4. The summed E-state index contributed by atoms with van der Waals surface area (Å²) in [6.45, 7) is 3.71. The first-order valence-electron chi connectivity index (χ1n) is 10.4. The number of ketones is 1. The van der Waals surface area contributed by atoms with Crippen LogP contribution in [0, 0.1) is 11.7 Å². The predicted molar refractivity (Wildman–Crippen MR) is 112 cm³/mol. The van der Waals surface area contributed by atoms with Crippen molar-refractivity contribution in [2.45, 2.75) is 26.3 Å². The summed E-state index contributed by atoms with van der Waals surface area (Å²) < 4.78 is 25.0. The van der Waals surface area contributed by atoms with E-state index < -0.39 is 5.82 Å². The summed E-state index contributed by atoms with van der Waals surface area (Å²) in [6.07, 6.45) is 2.96. The number of ether oxygens (including phenoxy) is 2. The zero-order valence-electron chi connectivity index (χ0n) is 17.3. The summed E-state index contributed by atoms with van der Waals surface area (Å²) >= 11 is 0. The van der Waals surface area contributed by atoms with Crippen molar-refractivity contribution in [1.82, 2.24) is 4.90 Å². The third-order valence-corrected chi connectivity index (χ3v) is 5.62. The monoisotopic (exact) mass is 425 g/mol. The Morgan fingerprint density at radius 2 is 2.13 bits per heavy atom. The summed E-state index contributed by atoms with van der Waals surface area (Å²) in [5.74, 6) is -0.938. The molecule has 4 rings (SSSR count). The van der Waals surface area contributed by atoms with Crippen molar-refractivity contribution in [3.05, 3.63) is 64.7 Å². The van der Waals surface area contributed by atoms with Gasteiger partial charge >= 0.3 is 5.97 Å². The van der Waals surface area contributed by atoms with E-state index in [4.69, 9.17) is 9.47 Å². The number of halogens is 1. The summed E-state index contributed by atoms with van der Waals surface area (Å²) in [5.41, 5.74) is 1.05. The van der Waals surface area contributed by atoms with E-state index in [-0.39, 0.29) is 40.5 Å². The number of esters is 1. The topological polar surface area (TPSA) is 76.1 Å². The number of fused-ring (bicyclic) bond motifs is 1. The molecule has 1 saturated heterocycles. The minimum absolute atomic E-state index is 0.00925. The molecule has 1 N–H and O–H groups in total. The smallest absolute Gasteiger partial charge is 0.310 e. The highest BCUT2D eigenvalue weighted by Crippen LogP contribution is 2.40. The van der Waals surface area contributed by atoms with Crippen molar-refractivity contribution < 1.29 is 28.6 Å². The van der Waals surface area contributed by atoms with Crippen LogP contribution in [0.4, 0.5) is 4.39 Å². The summed E-state index contributed by atoms with van der Waals surface area (Å²) in [7, 11) is 0. The molecule has 0 spiro atoms. The highest BCUT2D eigenvalue weighted by Gasteiger charge is 2.33. The van der Waals surface area contributed by atoms with Crippen molar-refractivity contribution in [1.29, 1.82) is 0 Å². The third kappa shape index (κ3) is 4.32. The van der Waals surface area contributed by atoms with Crippen LogP contribution < -0.4 is 4.74 Å². The van der Waals surface area contributed by atoms with Crippen LogP contribution in [0.5, 0.6) is 11.5 Å². The van der Waals surface area contributed by atoms with Gasteiger partial charge in [-0.15, -0.1) is 0 Å². The molecular formula is C24H24FNO5. The van der Waals surface area contributed by atoms with E-state index in [0.29, 0.717) is 30.8 Å². The molecular weight excluding hydrogens is 401 g/mol. The maximum absolute atomic E-state index is 14.0. The standard InChI is InChI=1S/C24H24FNO5/c1-2-30-24(29)16-7-5-11-26(13-16)14-18-20(27)10-9-17-22(28)21(31-23(17)18)12-15-6-3-4-8-19(15)25/h3-4,6,8-10,12,16,27H,2,5,7,11,13-14H2,1H3/b21-12-. The SMILES string of the molecule is CCOC(=O)C1CCCN(Cc2c(O)ccc3c2O/C(=C\c2ccccc2F)C3=O)C1. The van der Waals surface area contributed by atoms with Crippen LogP contribution in [-0.4, -0.2) is 41.5 Å². The van der Waals surface area contributed by atoms with Crippen LogP contribution in [0.15, 0.2) is 42.2 Å². The van der Waals surface area contributed by atoms with Crippen LogP contribution >= 0.6 is 0 Å². The molecule has 162 valence electrons. The number of Topliss-reactive ketones (excluding diaryl/α,β-unsaturated/α-hetero) is 1. The van der Waals surface area contributed by atoms with Crippen molar-refractivity contribution >= 4 is 17.8 Å². The minimum atomic E-state index is -0.455. The number of allylic oxidation sites excluding steroid dienone is 1. The molecule has 2 aliphatic rings. The second-order valence-corrected chi connectivity index (χ2v) is 7.73. The van der Waals surface area contributed by atoms with Crippen molar-refractivity contribution in [3.8, 4) is 11.5 Å². The lowest BCUT2D eigenvalue weighted by Gasteiger charge is -2.31. The number of likely N-dealkylation sites (tertiary alicyclic amines) is 1. The lowest BCUT2D eigenvalue weighted by atomic mass is 9.97. The van der Waals surface area contributed by atoms with Crippen LogP contribution in [0.1, 0.15) is 41.3 Å². The Balaban J connectivity index is 1.58. The summed E-state index contributed by atoms with van der Waals surface area (Å²) in [5, 5.41) is 10.5. The molecule has 2 aromatic rings. The van der Waals surface area contributed by atoms with Gasteiger partial charge in [-0.05, 0) is 50.6 Å². The number of phenolic OH excluding ortho intramolecular Hbond substituents is 1. The fraction of sp³-hybridized carbons (Fsp3) is 0.333. The van der Waals surface area contributed by atoms with Crippen molar-refractivity contribution in [3.63, 3.8) is 0 Å². The van der Waals surface area contributed by atoms with Gasteiger partial charge in [0.05, 0.1) is 23.7 Å². The summed E-state index contributed by atoms with van der Waals surface area (Å²) in [4.78, 5) is 27.0. The van der Waals surface area contributed by atoms with Crippen LogP contribution in [0.2, 0.25) is 0 Å². The molecule has 0 amide bonds. The van der Waals surface area contributed by atoms with Crippen LogP contribution in [0.25, 0.3) is 6.08 Å². The van der Waals surface area contributed by atoms with Gasteiger partial charge in [-0.2, -0.15) is 0 Å². The normalized spacial score (nSPS) is 19.9. The second-order valence-electron chi connectivity index (χ2n) is 7.73. The van der Waals surface area contributed by atoms with E-state index in [1.165, 1.54) is 24.3 Å². The molecule has 1 fully saturated rings. The average molecular weight is 425 g/mol. The number of carbonyl (C=O) groups excluding carboxylic acids is 2. The maximum Gasteiger partial charge on any atom is 0.310 e. The van der Waals surface area contributed by atoms with Gasteiger partial charge in [0.15, 0.2) is 5.76 Å². The molecule has 7 heteroatoms. The fourth-order valence-electron chi connectivity index (χ4n) is 4.06. The Morgan fingerprint density at radius 3 is 2.90 bits per heavy atom. The number of nitrogens with zero attached hydrogens (tertiary/aromatic N) is 1. The van der Waals surface area contributed by atoms with Gasteiger partial charge in [0.25, 0.3) is 0 Å². The Bertz CT molecular complexity index is 1050. The first-order chi connectivity index (χ1) is 15.0. The Hall–Kier alpha value is -3.19. The third-order valence-electron chi connectivity index (χ3n) is 5.62. The number of rotatable bonds is 5. The molecule has 1 atom stereocenters. The molecule has 0 radical (unpaired) electrons. The van der Waals surface area contributed by atoms with E-state index in [1.807, 2.05) is 4.90 Å². The number of carbonyl (C=O) groups is 2. The molecule has 0 bridgehead atoms. The Kier molecular flexibility index (Phi) is 6.04. The maximum atomic E-state index is 14.0. The van der Waals surface area contributed by atoms with Gasteiger partial charge in [0.2, 0.25) is 5.78 Å². The largest absolute Gasteiger partial charge is 0.507 e.